The Balaban J connectivity index is 1.69. The number of fused-ring (bicyclic) bond motifs is 1. The van der Waals surface area contributed by atoms with Crippen LogP contribution in [0.2, 0.25) is 0 Å². The third-order valence-electron chi connectivity index (χ3n) is 3.53. The number of nitrogens with zero attached hydrogens (tertiary/aromatic N) is 2. The highest BCUT2D eigenvalue weighted by Crippen LogP contribution is 2.30. The predicted molar refractivity (Wildman–Crippen MR) is 64.3 cm³/mol. The molecular formula is C11H17N3OS. The molecule has 2 atom stereocenters. The van der Waals surface area contributed by atoms with Crippen molar-refractivity contribution in [2.24, 2.45) is 0 Å². The third-order valence-corrected chi connectivity index (χ3v) is 4.25. The van der Waals surface area contributed by atoms with Gasteiger partial charge in [-0.2, -0.15) is 0 Å². The molecule has 2 heterocycles. The van der Waals surface area contributed by atoms with E-state index in [0.717, 1.165) is 25.4 Å². The summed E-state index contributed by atoms with van der Waals surface area (Å²) >= 11 is 1.53. The smallest absolute Gasteiger partial charge is 0.180 e. The van der Waals surface area contributed by atoms with E-state index < -0.39 is 0 Å². The molecule has 88 valence electrons. The standard InChI is InChI=1S/C11H17N3OS/c12-11-13-8(7-16-11)6-14-4-5-15-10-3-1-2-9(10)14/h7,9-10H,1-6H2,(H2,12,13). The van der Waals surface area contributed by atoms with E-state index >= 15 is 0 Å². The van der Waals surface area contributed by atoms with Gasteiger partial charge in [0.2, 0.25) is 0 Å². The molecule has 0 bridgehead atoms. The molecule has 0 amide bonds. The van der Waals surface area contributed by atoms with Crippen molar-refractivity contribution in [2.45, 2.75) is 38.0 Å². The lowest BCUT2D eigenvalue weighted by Crippen LogP contribution is -2.47. The molecule has 1 aliphatic carbocycles. The van der Waals surface area contributed by atoms with E-state index in [-0.39, 0.29) is 0 Å². The number of aromatic nitrogens is 1. The van der Waals surface area contributed by atoms with Crippen LogP contribution in [-0.4, -0.2) is 35.2 Å². The Bertz CT molecular complexity index is 368. The largest absolute Gasteiger partial charge is 0.375 e. The number of thiazole rings is 1. The van der Waals surface area contributed by atoms with Gasteiger partial charge >= 0.3 is 0 Å². The summed E-state index contributed by atoms with van der Waals surface area (Å²) in [4.78, 5) is 6.84. The minimum absolute atomic E-state index is 0.463. The molecule has 1 aromatic rings. The molecule has 1 aliphatic heterocycles. The van der Waals surface area contributed by atoms with Crippen LogP contribution in [0.4, 0.5) is 5.13 Å². The molecule has 2 aliphatic rings. The van der Waals surface area contributed by atoms with Gasteiger partial charge in [-0.05, 0) is 19.3 Å². The van der Waals surface area contributed by atoms with Gasteiger partial charge in [0.1, 0.15) is 0 Å². The van der Waals surface area contributed by atoms with Crippen LogP contribution < -0.4 is 5.73 Å². The molecule has 5 heteroatoms. The fourth-order valence-corrected chi connectivity index (χ4v) is 3.36. The van der Waals surface area contributed by atoms with Crippen LogP contribution >= 0.6 is 11.3 Å². The summed E-state index contributed by atoms with van der Waals surface area (Å²) in [5.41, 5.74) is 6.76. The van der Waals surface area contributed by atoms with Crippen LogP contribution in [0.1, 0.15) is 25.0 Å². The van der Waals surface area contributed by atoms with Gasteiger partial charge in [-0.3, -0.25) is 4.90 Å². The third kappa shape index (κ3) is 1.95. The van der Waals surface area contributed by atoms with Crippen molar-refractivity contribution in [3.05, 3.63) is 11.1 Å². The predicted octanol–water partition coefficient (Wildman–Crippen LogP) is 1.48. The first-order valence-electron chi connectivity index (χ1n) is 5.88. The molecule has 2 fully saturated rings. The van der Waals surface area contributed by atoms with E-state index in [1.54, 1.807) is 0 Å². The Hall–Kier alpha value is -0.650. The zero-order valence-electron chi connectivity index (χ0n) is 9.26. The number of nitrogens with two attached hydrogens (primary N) is 1. The molecule has 16 heavy (non-hydrogen) atoms. The molecule has 0 spiro atoms. The molecule has 4 nitrogen and oxygen atoms in total. The molecule has 1 aromatic heterocycles. The summed E-state index contributed by atoms with van der Waals surface area (Å²) in [6, 6.07) is 0.608. The van der Waals surface area contributed by atoms with Crippen molar-refractivity contribution in [3.63, 3.8) is 0 Å². The van der Waals surface area contributed by atoms with E-state index in [0.29, 0.717) is 17.3 Å². The molecule has 1 saturated heterocycles. The Kier molecular flexibility index (Phi) is 2.83. The molecule has 3 rings (SSSR count). The fourth-order valence-electron chi connectivity index (χ4n) is 2.81. The number of hydrogen-bond donors (Lipinski definition) is 1. The van der Waals surface area contributed by atoms with Crippen LogP contribution in [0.15, 0.2) is 5.38 Å². The van der Waals surface area contributed by atoms with Crippen LogP contribution in [0.5, 0.6) is 0 Å². The summed E-state index contributed by atoms with van der Waals surface area (Å²) in [5.74, 6) is 0. The highest BCUT2D eigenvalue weighted by Gasteiger charge is 2.35. The lowest BCUT2D eigenvalue weighted by atomic mass is 10.1. The summed E-state index contributed by atoms with van der Waals surface area (Å²) in [6.45, 7) is 2.82. The van der Waals surface area contributed by atoms with Crippen molar-refractivity contribution >= 4 is 16.5 Å². The number of anilines is 1. The minimum atomic E-state index is 0.463. The average molecular weight is 239 g/mol. The number of rotatable bonds is 2. The summed E-state index contributed by atoms with van der Waals surface area (Å²) in [7, 11) is 0. The number of hydrogen-bond acceptors (Lipinski definition) is 5. The van der Waals surface area contributed by atoms with Gasteiger partial charge in [0, 0.05) is 24.5 Å². The van der Waals surface area contributed by atoms with Gasteiger partial charge in [0.15, 0.2) is 5.13 Å². The molecule has 0 aromatic carbocycles. The van der Waals surface area contributed by atoms with E-state index in [9.17, 15) is 0 Å². The summed E-state index contributed by atoms with van der Waals surface area (Å²) < 4.78 is 5.79. The Morgan fingerprint density at radius 1 is 1.56 bits per heavy atom. The first-order valence-corrected chi connectivity index (χ1v) is 6.76. The van der Waals surface area contributed by atoms with Crippen LogP contribution in [0, 0.1) is 0 Å². The van der Waals surface area contributed by atoms with Gasteiger partial charge < -0.3 is 10.5 Å². The van der Waals surface area contributed by atoms with Crippen LogP contribution in [-0.2, 0) is 11.3 Å². The lowest BCUT2D eigenvalue weighted by molar-refractivity contribution is -0.0591. The summed E-state index contributed by atoms with van der Waals surface area (Å²) in [6.07, 6.45) is 4.25. The van der Waals surface area contributed by atoms with Gasteiger partial charge in [-0.15, -0.1) is 11.3 Å². The summed E-state index contributed by atoms with van der Waals surface area (Å²) in [5, 5.41) is 2.74. The first kappa shape index (κ1) is 10.5. The molecule has 1 saturated carbocycles. The van der Waals surface area contributed by atoms with E-state index in [4.69, 9.17) is 10.5 Å². The minimum Gasteiger partial charge on any atom is -0.375 e. The van der Waals surface area contributed by atoms with Crippen LogP contribution in [0.25, 0.3) is 0 Å². The van der Waals surface area contributed by atoms with E-state index in [1.165, 1.54) is 30.6 Å². The number of nitrogen functional groups attached to an aromatic ring is 1. The van der Waals surface area contributed by atoms with Gasteiger partial charge in [-0.1, -0.05) is 0 Å². The SMILES string of the molecule is Nc1nc(CN2CCOC3CCCC32)cs1. The molecule has 0 radical (unpaired) electrons. The van der Waals surface area contributed by atoms with Crippen LogP contribution in [0.3, 0.4) is 0 Å². The second-order valence-corrected chi connectivity index (χ2v) is 5.44. The van der Waals surface area contributed by atoms with Gasteiger partial charge in [0.25, 0.3) is 0 Å². The van der Waals surface area contributed by atoms with Crippen molar-refractivity contribution < 1.29 is 4.74 Å². The zero-order valence-corrected chi connectivity index (χ0v) is 10.1. The highest BCUT2D eigenvalue weighted by molar-refractivity contribution is 7.13. The Morgan fingerprint density at radius 3 is 3.31 bits per heavy atom. The maximum absolute atomic E-state index is 5.79. The monoisotopic (exact) mass is 239 g/mol. The molecular weight excluding hydrogens is 222 g/mol. The average Bonchev–Trinajstić information content (AvgIpc) is 2.87. The maximum atomic E-state index is 5.79. The fraction of sp³-hybridized carbons (Fsp3) is 0.727. The zero-order chi connectivity index (χ0) is 11.0. The number of morpholine rings is 1. The van der Waals surface area contributed by atoms with E-state index in [1.807, 2.05) is 0 Å². The molecule has 2 unspecified atom stereocenters. The topological polar surface area (TPSA) is 51.4 Å². The quantitative estimate of drug-likeness (QED) is 0.849. The maximum Gasteiger partial charge on any atom is 0.180 e. The van der Waals surface area contributed by atoms with Crippen molar-refractivity contribution in [1.29, 1.82) is 0 Å². The lowest BCUT2D eigenvalue weighted by Gasteiger charge is -2.37. The van der Waals surface area contributed by atoms with Gasteiger partial charge in [0.05, 0.1) is 18.4 Å². The van der Waals surface area contributed by atoms with Gasteiger partial charge in [-0.25, -0.2) is 4.98 Å². The van der Waals surface area contributed by atoms with E-state index in [2.05, 4.69) is 15.3 Å². The number of ether oxygens (including phenoxy) is 1. The van der Waals surface area contributed by atoms with Crippen molar-refractivity contribution in [2.75, 3.05) is 18.9 Å². The Labute approximate surface area is 99.4 Å². The molecule has 2 N–H and O–H groups in total. The Morgan fingerprint density at radius 2 is 2.50 bits per heavy atom. The normalized spacial score (nSPS) is 30.5. The van der Waals surface area contributed by atoms with Crippen molar-refractivity contribution in [3.8, 4) is 0 Å². The first-order chi connectivity index (χ1) is 7.83. The second kappa shape index (κ2) is 4.31. The van der Waals surface area contributed by atoms with Crippen molar-refractivity contribution in [1.82, 2.24) is 9.88 Å². The highest BCUT2D eigenvalue weighted by atomic mass is 32.1. The second-order valence-electron chi connectivity index (χ2n) is 4.56.